The molecule has 3 nitrogen and oxygen atoms in total. The molecule has 1 atom stereocenters. The van der Waals surface area contributed by atoms with Crippen LogP contribution in [0.2, 0.25) is 0 Å². The van der Waals surface area contributed by atoms with Crippen molar-refractivity contribution in [3.63, 3.8) is 0 Å². The number of rotatable bonds is 5. The van der Waals surface area contributed by atoms with Crippen molar-refractivity contribution in [1.29, 1.82) is 0 Å². The lowest BCUT2D eigenvalue weighted by Gasteiger charge is -2.11. The van der Waals surface area contributed by atoms with Gasteiger partial charge in [-0.05, 0) is 18.9 Å². The molecule has 1 aliphatic carbocycles. The third kappa shape index (κ3) is 2.89. The Morgan fingerprint density at radius 1 is 1.73 bits per heavy atom. The van der Waals surface area contributed by atoms with Gasteiger partial charge >= 0.3 is 5.97 Å². The van der Waals surface area contributed by atoms with Gasteiger partial charge in [-0.1, -0.05) is 19.8 Å². The quantitative estimate of drug-likeness (QED) is 0.622. The van der Waals surface area contributed by atoms with Gasteiger partial charge in [0.2, 0.25) is 0 Å². The minimum atomic E-state index is -0.709. The monoisotopic (exact) mass is 157 g/mol. The van der Waals surface area contributed by atoms with E-state index in [-0.39, 0.29) is 6.04 Å². The van der Waals surface area contributed by atoms with Crippen molar-refractivity contribution < 1.29 is 9.90 Å². The zero-order chi connectivity index (χ0) is 8.27. The van der Waals surface area contributed by atoms with Crippen LogP contribution >= 0.6 is 0 Å². The summed E-state index contributed by atoms with van der Waals surface area (Å²) in [7, 11) is 0. The molecule has 0 aromatic heterocycles. The molecule has 0 heterocycles. The summed E-state index contributed by atoms with van der Waals surface area (Å²) in [6.45, 7) is 2.67. The third-order valence-corrected chi connectivity index (χ3v) is 2.01. The van der Waals surface area contributed by atoms with Crippen molar-refractivity contribution in [3.05, 3.63) is 0 Å². The summed E-state index contributed by atoms with van der Waals surface area (Å²) in [4.78, 5) is 10.6. The first-order valence-corrected chi connectivity index (χ1v) is 4.20. The molecule has 0 spiro atoms. The minimum absolute atomic E-state index is 0.313. The number of likely N-dealkylation sites (N-methyl/N-ethyl adjacent to an activating group) is 1. The fourth-order valence-electron chi connectivity index (χ4n) is 1.20. The van der Waals surface area contributed by atoms with E-state index in [1.807, 2.05) is 6.92 Å². The normalized spacial score (nSPS) is 19.7. The summed E-state index contributed by atoms with van der Waals surface area (Å²) in [5.74, 6) is -0.0334. The minimum Gasteiger partial charge on any atom is -0.480 e. The van der Waals surface area contributed by atoms with E-state index >= 15 is 0 Å². The van der Waals surface area contributed by atoms with Crippen LogP contribution in [-0.2, 0) is 4.79 Å². The molecule has 1 fully saturated rings. The fraction of sp³-hybridized carbons (Fsp3) is 0.875. The van der Waals surface area contributed by atoms with Crippen LogP contribution in [0.15, 0.2) is 0 Å². The second kappa shape index (κ2) is 3.72. The van der Waals surface area contributed by atoms with Gasteiger partial charge in [-0.25, -0.2) is 0 Å². The molecule has 11 heavy (non-hydrogen) atoms. The van der Waals surface area contributed by atoms with E-state index in [1.165, 1.54) is 12.8 Å². The first-order chi connectivity index (χ1) is 5.24. The van der Waals surface area contributed by atoms with E-state index in [1.54, 1.807) is 0 Å². The number of carboxylic acids is 1. The summed E-state index contributed by atoms with van der Waals surface area (Å²) in [5.41, 5.74) is 0. The molecular formula is C8H15NO2. The van der Waals surface area contributed by atoms with Gasteiger partial charge in [0.15, 0.2) is 0 Å². The van der Waals surface area contributed by atoms with Crippen molar-refractivity contribution in [2.45, 2.75) is 32.2 Å². The van der Waals surface area contributed by atoms with Crippen molar-refractivity contribution in [2.75, 3.05) is 6.54 Å². The largest absolute Gasteiger partial charge is 0.480 e. The Balaban J connectivity index is 2.24. The Morgan fingerprint density at radius 3 is 2.73 bits per heavy atom. The molecular weight excluding hydrogens is 142 g/mol. The van der Waals surface area contributed by atoms with Crippen LogP contribution < -0.4 is 5.32 Å². The van der Waals surface area contributed by atoms with Gasteiger partial charge in [0.25, 0.3) is 0 Å². The van der Waals surface area contributed by atoms with Gasteiger partial charge in [0, 0.05) is 0 Å². The van der Waals surface area contributed by atoms with E-state index in [4.69, 9.17) is 5.11 Å². The standard InChI is InChI=1S/C8H15NO2/c1-2-9-7(8(10)11)5-6-3-4-6/h6-7,9H,2-5H2,1H3,(H,10,11)/t7-/m1/s1. The number of hydrogen-bond donors (Lipinski definition) is 2. The SMILES string of the molecule is CCN[C@H](CC1CC1)C(=O)O. The van der Waals surface area contributed by atoms with Crippen LogP contribution in [0, 0.1) is 5.92 Å². The van der Waals surface area contributed by atoms with Gasteiger partial charge in [-0.2, -0.15) is 0 Å². The molecule has 0 unspecified atom stereocenters. The molecule has 0 amide bonds. The topological polar surface area (TPSA) is 49.3 Å². The maximum absolute atomic E-state index is 10.6. The van der Waals surface area contributed by atoms with E-state index < -0.39 is 5.97 Å². The Labute approximate surface area is 66.8 Å². The van der Waals surface area contributed by atoms with Crippen LogP contribution in [0.3, 0.4) is 0 Å². The van der Waals surface area contributed by atoms with Crippen LogP contribution in [0.1, 0.15) is 26.2 Å². The lowest BCUT2D eigenvalue weighted by Crippen LogP contribution is -2.36. The zero-order valence-electron chi connectivity index (χ0n) is 6.84. The van der Waals surface area contributed by atoms with E-state index in [0.717, 1.165) is 13.0 Å². The van der Waals surface area contributed by atoms with Gasteiger partial charge in [0.1, 0.15) is 6.04 Å². The number of nitrogens with one attached hydrogen (secondary N) is 1. The van der Waals surface area contributed by atoms with Crippen molar-refractivity contribution >= 4 is 5.97 Å². The van der Waals surface area contributed by atoms with Gasteiger partial charge < -0.3 is 10.4 Å². The highest BCUT2D eigenvalue weighted by molar-refractivity contribution is 5.73. The summed E-state index contributed by atoms with van der Waals surface area (Å²) in [6.07, 6.45) is 3.24. The van der Waals surface area contributed by atoms with E-state index in [2.05, 4.69) is 5.32 Å². The molecule has 0 aliphatic heterocycles. The Morgan fingerprint density at radius 2 is 2.36 bits per heavy atom. The van der Waals surface area contributed by atoms with Crippen LogP contribution in [0.5, 0.6) is 0 Å². The van der Waals surface area contributed by atoms with Crippen molar-refractivity contribution in [2.24, 2.45) is 5.92 Å². The second-order valence-corrected chi connectivity index (χ2v) is 3.13. The molecule has 0 radical (unpaired) electrons. The highest BCUT2D eigenvalue weighted by Gasteiger charge is 2.28. The Kier molecular flexibility index (Phi) is 2.88. The first kappa shape index (κ1) is 8.53. The number of hydrogen-bond acceptors (Lipinski definition) is 2. The molecule has 2 N–H and O–H groups in total. The predicted octanol–water partition coefficient (Wildman–Crippen LogP) is 0.849. The molecule has 0 aromatic carbocycles. The van der Waals surface area contributed by atoms with Gasteiger partial charge in [-0.15, -0.1) is 0 Å². The summed E-state index contributed by atoms with van der Waals surface area (Å²) >= 11 is 0. The highest BCUT2D eigenvalue weighted by atomic mass is 16.4. The molecule has 0 aromatic rings. The van der Waals surface area contributed by atoms with Gasteiger partial charge in [-0.3, -0.25) is 4.79 Å². The van der Waals surface area contributed by atoms with E-state index in [9.17, 15) is 4.79 Å². The lowest BCUT2D eigenvalue weighted by molar-refractivity contribution is -0.139. The van der Waals surface area contributed by atoms with Crippen LogP contribution in [0.4, 0.5) is 0 Å². The predicted molar refractivity (Wildman–Crippen MR) is 42.4 cm³/mol. The summed E-state index contributed by atoms with van der Waals surface area (Å²) < 4.78 is 0. The average molecular weight is 157 g/mol. The second-order valence-electron chi connectivity index (χ2n) is 3.13. The van der Waals surface area contributed by atoms with Crippen molar-refractivity contribution in [1.82, 2.24) is 5.32 Å². The number of carboxylic acid groups (broad SMARTS) is 1. The summed E-state index contributed by atoms with van der Waals surface area (Å²) in [6, 6.07) is -0.313. The number of aliphatic carboxylic acids is 1. The first-order valence-electron chi connectivity index (χ1n) is 4.20. The maximum atomic E-state index is 10.6. The zero-order valence-corrected chi connectivity index (χ0v) is 6.84. The molecule has 0 saturated heterocycles. The smallest absolute Gasteiger partial charge is 0.320 e. The fourth-order valence-corrected chi connectivity index (χ4v) is 1.20. The Hall–Kier alpha value is -0.570. The summed E-state index contributed by atoms with van der Waals surface area (Å²) in [5, 5.41) is 11.7. The van der Waals surface area contributed by atoms with Gasteiger partial charge in [0.05, 0.1) is 0 Å². The lowest BCUT2D eigenvalue weighted by atomic mass is 10.1. The third-order valence-electron chi connectivity index (χ3n) is 2.01. The molecule has 1 saturated carbocycles. The Bertz CT molecular complexity index is 143. The molecule has 0 bridgehead atoms. The molecule has 3 heteroatoms. The van der Waals surface area contributed by atoms with Crippen LogP contribution in [-0.4, -0.2) is 23.7 Å². The van der Waals surface area contributed by atoms with E-state index in [0.29, 0.717) is 5.92 Å². The molecule has 64 valence electrons. The van der Waals surface area contributed by atoms with Crippen molar-refractivity contribution in [3.8, 4) is 0 Å². The average Bonchev–Trinajstić information content (AvgIpc) is 2.70. The number of carbonyl (C=O) groups is 1. The maximum Gasteiger partial charge on any atom is 0.320 e. The highest BCUT2D eigenvalue weighted by Crippen LogP contribution is 2.33. The van der Waals surface area contributed by atoms with Crippen LogP contribution in [0.25, 0.3) is 0 Å². The molecule has 1 aliphatic rings. The molecule has 1 rings (SSSR count).